The number of nitrogens with zero attached hydrogens (tertiary/aromatic N) is 2. The second kappa shape index (κ2) is 5.66. The number of carbonyl (C=O) groups is 2. The summed E-state index contributed by atoms with van der Waals surface area (Å²) in [5.41, 5.74) is 0. The van der Waals surface area contributed by atoms with Gasteiger partial charge >= 0.3 is 12.0 Å². The predicted octanol–water partition coefficient (Wildman–Crippen LogP) is 2.23. The lowest BCUT2D eigenvalue weighted by Crippen LogP contribution is -2.42. The van der Waals surface area contributed by atoms with Gasteiger partial charge in [0.25, 0.3) is 0 Å². The number of carbonyl (C=O) groups excluding carboxylic acids is 1. The fraction of sp³-hybridized carbons (Fsp3) is 0.500. The number of thiazole rings is 1. The van der Waals surface area contributed by atoms with Crippen molar-refractivity contribution in [1.29, 1.82) is 0 Å². The van der Waals surface area contributed by atoms with E-state index in [0.717, 1.165) is 3.79 Å². The molecule has 2 rings (SSSR count). The van der Waals surface area contributed by atoms with Gasteiger partial charge in [-0.15, -0.1) is 0 Å². The molecule has 0 aromatic carbocycles. The van der Waals surface area contributed by atoms with Crippen molar-refractivity contribution in [3.05, 3.63) is 9.98 Å². The maximum absolute atomic E-state index is 11.9. The highest BCUT2D eigenvalue weighted by atomic mass is 79.9. The normalized spacial score (nSPS) is 16.6. The fourth-order valence-corrected chi connectivity index (χ4v) is 2.91. The number of urea groups is 1. The van der Waals surface area contributed by atoms with E-state index in [1.165, 1.54) is 11.3 Å². The molecule has 0 bridgehead atoms. The van der Waals surface area contributed by atoms with Crippen LogP contribution in [-0.4, -0.2) is 40.1 Å². The number of rotatable bonds is 2. The predicted molar refractivity (Wildman–Crippen MR) is 70.8 cm³/mol. The van der Waals surface area contributed by atoms with Crippen molar-refractivity contribution < 1.29 is 14.7 Å². The van der Waals surface area contributed by atoms with Gasteiger partial charge < -0.3 is 10.0 Å². The summed E-state index contributed by atoms with van der Waals surface area (Å²) >= 11 is 4.61. The van der Waals surface area contributed by atoms with Gasteiger partial charge in [-0.3, -0.25) is 10.1 Å². The highest BCUT2D eigenvalue weighted by Gasteiger charge is 2.27. The first-order valence-electron chi connectivity index (χ1n) is 5.46. The van der Waals surface area contributed by atoms with Crippen LogP contribution in [0.2, 0.25) is 0 Å². The average molecular weight is 334 g/mol. The summed E-state index contributed by atoms with van der Waals surface area (Å²) in [4.78, 5) is 28.3. The number of hydrogen-bond donors (Lipinski definition) is 2. The summed E-state index contributed by atoms with van der Waals surface area (Å²) in [6, 6.07) is -0.222. The van der Waals surface area contributed by atoms with E-state index in [1.54, 1.807) is 11.1 Å². The molecule has 18 heavy (non-hydrogen) atoms. The van der Waals surface area contributed by atoms with E-state index in [4.69, 9.17) is 5.11 Å². The molecule has 2 amide bonds. The first kappa shape index (κ1) is 13.3. The molecule has 0 spiro atoms. The van der Waals surface area contributed by atoms with E-state index in [0.29, 0.717) is 31.1 Å². The van der Waals surface area contributed by atoms with Crippen LogP contribution in [-0.2, 0) is 4.79 Å². The summed E-state index contributed by atoms with van der Waals surface area (Å²) in [5.74, 6) is -1.11. The van der Waals surface area contributed by atoms with Crippen molar-refractivity contribution in [2.24, 2.45) is 5.92 Å². The van der Waals surface area contributed by atoms with E-state index in [9.17, 15) is 9.59 Å². The van der Waals surface area contributed by atoms with Crippen LogP contribution in [0.15, 0.2) is 9.98 Å². The van der Waals surface area contributed by atoms with E-state index in [2.05, 4.69) is 26.2 Å². The Hall–Kier alpha value is -1.15. The minimum atomic E-state index is -0.779. The van der Waals surface area contributed by atoms with Crippen LogP contribution in [0.5, 0.6) is 0 Å². The van der Waals surface area contributed by atoms with Crippen LogP contribution >= 0.6 is 27.3 Å². The van der Waals surface area contributed by atoms with Gasteiger partial charge in [-0.1, -0.05) is 11.3 Å². The molecule has 6 nitrogen and oxygen atoms in total. The first-order valence-corrected chi connectivity index (χ1v) is 7.07. The van der Waals surface area contributed by atoms with Crippen molar-refractivity contribution in [3.8, 4) is 0 Å². The Labute approximate surface area is 116 Å². The summed E-state index contributed by atoms with van der Waals surface area (Å²) in [5, 5.41) is 12.1. The summed E-state index contributed by atoms with van der Waals surface area (Å²) in [6.07, 6.45) is 2.63. The monoisotopic (exact) mass is 333 g/mol. The average Bonchev–Trinajstić information content (AvgIpc) is 2.75. The topological polar surface area (TPSA) is 82.5 Å². The molecular formula is C10H12BrN3O3S. The highest BCUT2D eigenvalue weighted by molar-refractivity contribution is 9.11. The third-order valence-corrected chi connectivity index (χ3v) is 4.21. The molecule has 1 aromatic rings. The minimum Gasteiger partial charge on any atom is -0.481 e. The van der Waals surface area contributed by atoms with Crippen molar-refractivity contribution in [2.45, 2.75) is 12.8 Å². The van der Waals surface area contributed by atoms with Gasteiger partial charge in [-0.25, -0.2) is 9.78 Å². The number of hydrogen-bond acceptors (Lipinski definition) is 4. The van der Waals surface area contributed by atoms with E-state index < -0.39 is 5.97 Å². The fourth-order valence-electron chi connectivity index (χ4n) is 1.81. The van der Waals surface area contributed by atoms with Gasteiger partial charge in [-0.05, 0) is 28.8 Å². The summed E-state index contributed by atoms with van der Waals surface area (Å²) < 4.78 is 0.849. The zero-order valence-corrected chi connectivity index (χ0v) is 11.8. The van der Waals surface area contributed by atoms with Gasteiger partial charge in [0.1, 0.15) is 0 Å². The molecule has 1 fully saturated rings. The number of aromatic nitrogens is 1. The Morgan fingerprint density at radius 1 is 1.50 bits per heavy atom. The molecule has 0 radical (unpaired) electrons. The molecule has 1 aromatic heterocycles. The molecule has 0 saturated carbocycles. The van der Waals surface area contributed by atoms with Crippen LogP contribution in [0.3, 0.4) is 0 Å². The van der Waals surface area contributed by atoms with Crippen molar-refractivity contribution in [1.82, 2.24) is 9.88 Å². The quantitative estimate of drug-likeness (QED) is 0.869. The second-order valence-corrected chi connectivity index (χ2v) is 6.41. The van der Waals surface area contributed by atoms with Gasteiger partial charge in [0.2, 0.25) is 0 Å². The number of piperidine rings is 1. The van der Waals surface area contributed by atoms with Crippen molar-refractivity contribution in [2.75, 3.05) is 18.4 Å². The van der Waals surface area contributed by atoms with Crippen LogP contribution < -0.4 is 5.32 Å². The Morgan fingerprint density at radius 3 is 2.67 bits per heavy atom. The summed E-state index contributed by atoms with van der Waals surface area (Å²) in [7, 11) is 0. The maximum Gasteiger partial charge on any atom is 0.323 e. The number of anilines is 1. The standard InChI is InChI=1S/C10H12BrN3O3S/c11-7-5-12-9(18-7)13-10(17)14-3-1-6(2-4-14)8(15)16/h5-6H,1-4H2,(H,15,16)(H,12,13,17). The van der Waals surface area contributed by atoms with Gasteiger partial charge in [-0.2, -0.15) is 0 Å². The zero-order chi connectivity index (χ0) is 13.1. The minimum absolute atomic E-state index is 0.222. The SMILES string of the molecule is O=C(O)C1CCN(C(=O)Nc2ncc(Br)s2)CC1. The second-order valence-electron chi connectivity index (χ2n) is 4.00. The molecule has 8 heteroatoms. The van der Waals surface area contributed by atoms with E-state index >= 15 is 0 Å². The molecule has 2 N–H and O–H groups in total. The molecule has 98 valence electrons. The van der Waals surface area contributed by atoms with E-state index in [1.807, 2.05) is 0 Å². The zero-order valence-electron chi connectivity index (χ0n) is 9.43. The van der Waals surface area contributed by atoms with Crippen LogP contribution in [0.4, 0.5) is 9.93 Å². The smallest absolute Gasteiger partial charge is 0.323 e. The number of carboxylic acid groups (broad SMARTS) is 1. The van der Waals surface area contributed by atoms with Crippen LogP contribution in [0.1, 0.15) is 12.8 Å². The summed E-state index contributed by atoms with van der Waals surface area (Å²) in [6.45, 7) is 0.935. The lowest BCUT2D eigenvalue weighted by Gasteiger charge is -2.29. The van der Waals surface area contributed by atoms with Crippen LogP contribution in [0.25, 0.3) is 0 Å². The number of nitrogens with one attached hydrogen (secondary N) is 1. The van der Waals surface area contributed by atoms with Crippen LogP contribution in [0, 0.1) is 5.92 Å². The number of aliphatic carboxylic acids is 1. The molecule has 0 atom stereocenters. The largest absolute Gasteiger partial charge is 0.481 e. The van der Waals surface area contributed by atoms with Gasteiger partial charge in [0.05, 0.1) is 15.9 Å². The molecule has 0 unspecified atom stereocenters. The Kier molecular flexibility index (Phi) is 4.18. The van der Waals surface area contributed by atoms with Gasteiger partial charge in [0, 0.05) is 13.1 Å². The number of carboxylic acids is 1. The molecule has 1 aliphatic heterocycles. The molecule has 2 heterocycles. The Morgan fingerprint density at radius 2 is 2.17 bits per heavy atom. The number of likely N-dealkylation sites (tertiary alicyclic amines) is 1. The third kappa shape index (κ3) is 3.20. The Balaban J connectivity index is 1.86. The molecule has 1 saturated heterocycles. The number of halogens is 1. The highest BCUT2D eigenvalue weighted by Crippen LogP contribution is 2.24. The van der Waals surface area contributed by atoms with E-state index in [-0.39, 0.29) is 11.9 Å². The lowest BCUT2D eigenvalue weighted by atomic mass is 9.97. The van der Waals surface area contributed by atoms with Crippen molar-refractivity contribution >= 4 is 44.4 Å². The molecule has 1 aliphatic rings. The molecule has 0 aliphatic carbocycles. The number of amides is 2. The third-order valence-electron chi connectivity index (χ3n) is 2.82. The first-order chi connectivity index (χ1) is 8.56. The maximum atomic E-state index is 11.9. The Bertz CT molecular complexity index is 457. The van der Waals surface area contributed by atoms with Gasteiger partial charge in [0.15, 0.2) is 5.13 Å². The lowest BCUT2D eigenvalue weighted by molar-refractivity contribution is -0.143. The molecular weight excluding hydrogens is 322 g/mol. The van der Waals surface area contributed by atoms with Crippen molar-refractivity contribution in [3.63, 3.8) is 0 Å².